The number of likely N-dealkylation sites (tertiary alicyclic amines) is 1. The van der Waals surface area contributed by atoms with Crippen LogP contribution in [0.2, 0.25) is 0 Å². The summed E-state index contributed by atoms with van der Waals surface area (Å²) in [6.07, 6.45) is 3.44. The Morgan fingerprint density at radius 3 is 2.39 bits per heavy atom. The van der Waals surface area contributed by atoms with Crippen LogP contribution < -0.4 is 10.3 Å². The van der Waals surface area contributed by atoms with E-state index in [9.17, 15) is 4.79 Å². The molecule has 0 aliphatic carbocycles. The van der Waals surface area contributed by atoms with Crippen molar-refractivity contribution < 1.29 is 4.79 Å². The first kappa shape index (κ1) is 20.6. The van der Waals surface area contributed by atoms with Crippen molar-refractivity contribution in [3.05, 3.63) is 64.1 Å². The highest BCUT2D eigenvalue weighted by Gasteiger charge is 2.24. The number of benzene rings is 2. The number of halogens is 1. The predicted octanol–water partition coefficient (Wildman–Crippen LogP) is 3.88. The maximum absolute atomic E-state index is 12.4. The van der Waals surface area contributed by atoms with Gasteiger partial charge < -0.3 is 4.90 Å². The minimum Gasteiger partial charge on any atom is -0.378 e. The van der Waals surface area contributed by atoms with Gasteiger partial charge in [-0.3, -0.25) is 9.69 Å². The zero-order valence-corrected chi connectivity index (χ0v) is 18.0. The van der Waals surface area contributed by atoms with Gasteiger partial charge in [0.1, 0.15) is 0 Å². The molecule has 0 unspecified atom stereocenters. The molecular weight excluding hydrogens is 416 g/mol. The van der Waals surface area contributed by atoms with Crippen LogP contribution in [0, 0.1) is 5.92 Å². The van der Waals surface area contributed by atoms with E-state index in [4.69, 9.17) is 0 Å². The maximum atomic E-state index is 12.4. The molecule has 28 heavy (non-hydrogen) atoms. The summed E-state index contributed by atoms with van der Waals surface area (Å²) < 4.78 is 1.10. The van der Waals surface area contributed by atoms with Gasteiger partial charge in [-0.1, -0.05) is 40.2 Å². The first-order valence-corrected chi connectivity index (χ1v) is 10.4. The van der Waals surface area contributed by atoms with Crippen molar-refractivity contribution in [3.63, 3.8) is 0 Å². The SMILES string of the molecule is CN(C)c1ccc(/C=N/NC(=O)C2CCN(Cc3ccc(Br)cc3)CC2)cc1. The zero-order chi connectivity index (χ0) is 19.9. The lowest BCUT2D eigenvalue weighted by molar-refractivity contribution is -0.126. The van der Waals surface area contributed by atoms with Crippen molar-refractivity contribution in [1.29, 1.82) is 0 Å². The number of piperidine rings is 1. The molecule has 0 atom stereocenters. The highest BCUT2D eigenvalue weighted by Crippen LogP contribution is 2.20. The Hall–Kier alpha value is -2.18. The second-order valence-corrected chi connectivity index (χ2v) is 8.31. The number of rotatable bonds is 6. The van der Waals surface area contributed by atoms with E-state index in [2.05, 4.69) is 55.6 Å². The van der Waals surface area contributed by atoms with Gasteiger partial charge in [-0.15, -0.1) is 0 Å². The Morgan fingerprint density at radius 2 is 1.79 bits per heavy atom. The summed E-state index contributed by atoms with van der Waals surface area (Å²) in [5.41, 5.74) is 6.11. The quantitative estimate of drug-likeness (QED) is 0.545. The lowest BCUT2D eigenvalue weighted by atomic mass is 9.96. The highest BCUT2D eigenvalue weighted by molar-refractivity contribution is 9.10. The van der Waals surface area contributed by atoms with Crippen molar-refractivity contribution in [2.24, 2.45) is 11.0 Å². The molecule has 2 aromatic carbocycles. The largest absolute Gasteiger partial charge is 0.378 e. The van der Waals surface area contributed by atoms with Crippen LogP contribution in [0.25, 0.3) is 0 Å². The van der Waals surface area contributed by atoms with E-state index in [1.54, 1.807) is 6.21 Å². The first-order valence-electron chi connectivity index (χ1n) is 9.58. The van der Waals surface area contributed by atoms with Crippen LogP contribution in [0.15, 0.2) is 58.1 Å². The fraction of sp³-hybridized carbons (Fsp3) is 0.364. The number of amides is 1. The number of carbonyl (C=O) groups excluding carboxylic acids is 1. The monoisotopic (exact) mass is 442 g/mol. The minimum absolute atomic E-state index is 0.0180. The summed E-state index contributed by atoms with van der Waals surface area (Å²) in [5, 5.41) is 4.13. The van der Waals surface area contributed by atoms with Crippen molar-refractivity contribution in [2.75, 3.05) is 32.1 Å². The van der Waals surface area contributed by atoms with Gasteiger partial charge in [-0.2, -0.15) is 5.10 Å². The van der Waals surface area contributed by atoms with Gasteiger partial charge in [0, 0.05) is 36.7 Å². The molecule has 3 rings (SSSR count). The molecule has 0 spiro atoms. The van der Waals surface area contributed by atoms with Gasteiger partial charge in [-0.25, -0.2) is 5.43 Å². The zero-order valence-electron chi connectivity index (χ0n) is 16.4. The van der Waals surface area contributed by atoms with Crippen LogP contribution in [0.3, 0.4) is 0 Å². The van der Waals surface area contributed by atoms with E-state index in [1.165, 1.54) is 5.56 Å². The van der Waals surface area contributed by atoms with Crippen LogP contribution >= 0.6 is 15.9 Å². The van der Waals surface area contributed by atoms with Gasteiger partial charge in [-0.05, 0) is 61.3 Å². The van der Waals surface area contributed by atoms with Gasteiger partial charge in [0.15, 0.2) is 0 Å². The Bertz CT molecular complexity index is 794. The Labute approximate surface area is 175 Å². The summed E-state index contributed by atoms with van der Waals surface area (Å²) >= 11 is 3.47. The van der Waals surface area contributed by atoms with Gasteiger partial charge >= 0.3 is 0 Å². The fourth-order valence-electron chi connectivity index (χ4n) is 3.32. The molecule has 0 radical (unpaired) electrons. The summed E-state index contributed by atoms with van der Waals surface area (Å²) in [4.78, 5) is 16.8. The molecule has 1 saturated heterocycles. The molecule has 1 amide bonds. The molecular formula is C22H27BrN4O. The van der Waals surface area contributed by atoms with E-state index in [0.29, 0.717) is 0 Å². The number of hydrogen-bond acceptors (Lipinski definition) is 4. The van der Waals surface area contributed by atoms with E-state index in [0.717, 1.165) is 48.2 Å². The summed E-state index contributed by atoms with van der Waals surface area (Å²) in [5.74, 6) is 0.0545. The van der Waals surface area contributed by atoms with Crippen molar-refractivity contribution in [1.82, 2.24) is 10.3 Å². The van der Waals surface area contributed by atoms with E-state index in [1.807, 2.05) is 43.3 Å². The van der Waals surface area contributed by atoms with Crippen LogP contribution in [0.4, 0.5) is 5.69 Å². The number of nitrogens with zero attached hydrogens (tertiary/aromatic N) is 3. The van der Waals surface area contributed by atoms with Crippen molar-refractivity contribution in [3.8, 4) is 0 Å². The fourth-order valence-corrected chi connectivity index (χ4v) is 3.59. The molecule has 1 fully saturated rings. The van der Waals surface area contributed by atoms with Crippen LogP contribution in [-0.4, -0.2) is 44.2 Å². The lowest BCUT2D eigenvalue weighted by Gasteiger charge is -2.30. The topological polar surface area (TPSA) is 47.9 Å². The van der Waals surface area contributed by atoms with E-state index < -0.39 is 0 Å². The molecule has 1 N–H and O–H groups in total. The number of anilines is 1. The number of hydrogen-bond donors (Lipinski definition) is 1. The second kappa shape index (κ2) is 9.85. The molecule has 1 heterocycles. The Kier molecular flexibility index (Phi) is 7.23. The first-order chi connectivity index (χ1) is 13.5. The molecule has 5 nitrogen and oxygen atoms in total. The van der Waals surface area contributed by atoms with Gasteiger partial charge in [0.2, 0.25) is 5.91 Å². The second-order valence-electron chi connectivity index (χ2n) is 7.40. The van der Waals surface area contributed by atoms with Crippen molar-refractivity contribution in [2.45, 2.75) is 19.4 Å². The predicted molar refractivity (Wildman–Crippen MR) is 119 cm³/mol. The Morgan fingerprint density at radius 1 is 1.14 bits per heavy atom. The molecule has 0 bridgehead atoms. The summed E-state index contributed by atoms with van der Waals surface area (Å²) in [6, 6.07) is 16.5. The van der Waals surface area contributed by atoms with Crippen molar-refractivity contribution >= 4 is 33.7 Å². The third-order valence-corrected chi connectivity index (χ3v) is 5.60. The normalized spacial score (nSPS) is 15.7. The third-order valence-electron chi connectivity index (χ3n) is 5.08. The van der Waals surface area contributed by atoms with E-state index in [-0.39, 0.29) is 11.8 Å². The van der Waals surface area contributed by atoms with Gasteiger partial charge in [0.25, 0.3) is 0 Å². The number of carbonyl (C=O) groups is 1. The van der Waals surface area contributed by atoms with Crippen LogP contribution in [-0.2, 0) is 11.3 Å². The lowest BCUT2D eigenvalue weighted by Crippen LogP contribution is -2.39. The molecule has 2 aromatic rings. The highest BCUT2D eigenvalue weighted by atomic mass is 79.9. The van der Waals surface area contributed by atoms with Crippen LogP contribution in [0.1, 0.15) is 24.0 Å². The Balaban J connectivity index is 1.42. The standard InChI is InChI=1S/C22H27BrN4O/c1-26(2)21-9-5-17(6-10-21)15-24-25-22(28)19-11-13-27(14-12-19)16-18-3-7-20(23)8-4-18/h3-10,15,19H,11-14,16H2,1-2H3,(H,25,28)/b24-15+. The minimum atomic E-state index is 0.0180. The molecule has 1 aliphatic heterocycles. The molecule has 0 aromatic heterocycles. The number of nitrogens with one attached hydrogen (secondary N) is 1. The third kappa shape index (κ3) is 5.91. The average Bonchev–Trinajstić information content (AvgIpc) is 2.70. The summed E-state index contributed by atoms with van der Waals surface area (Å²) in [7, 11) is 4.01. The molecule has 148 valence electrons. The molecule has 0 saturated carbocycles. The van der Waals surface area contributed by atoms with E-state index >= 15 is 0 Å². The van der Waals surface area contributed by atoms with Gasteiger partial charge in [0.05, 0.1) is 6.21 Å². The molecule has 6 heteroatoms. The number of hydrazone groups is 1. The smallest absolute Gasteiger partial charge is 0.243 e. The summed E-state index contributed by atoms with van der Waals surface area (Å²) in [6.45, 7) is 2.80. The molecule has 1 aliphatic rings. The maximum Gasteiger partial charge on any atom is 0.243 e. The average molecular weight is 443 g/mol. The van der Waals surface area contributed by atoms with Crippen LogP contribution in [0.5, 0.6) is 0 Å².